The van der Waals surface area contributed by atoms with Gasteiger partial charge in [0.2, 0.25) is 5.91 Å². The van der Waals surface area contributed by atoms with Gasteiger partial charge in [0.1, 0.15) is 9.96 Å². The van der Waals surface area contributed by atoms with Crippen molar-refractivity contribution in [2.24, 2.45) is 0 Å². The Bertz CT molecular complexity index is 1210. The molecule has 6 nitrogen and oxygen atoms in total. The topological polar surface area (TPSA) is 66.9 Å². The highest BCUT2D eigenvalue weighted by Crippen LogP contribution is 2.28. The van der Waals surface area contributed by atoms with Gasteiger partial charge in [-0.1, -0.05) is 24.6 Å². The number of fused-ring (bicyclic) bond motifs is 1. The van der Waals surface area contributed by atoms with Crippen LogP contribution in [0.25, 0.3) is 10.8 Å². The minimum Gasteiger partial charge on any atom is -0.497 e. The number of rotatable bonds is 7. The van der Waals surface area contributed by atoms with E-state index in [1.165, 1.54) is 11.3 Å². The second-order valence-electron chi connectivity index (χ2n) is 8.16. The summed E-state index contributed by atoms with van der Waals surface area (Å²) in [7, 11) is -0.0278. The van der Waals surface area contributed by atoms with Crippen molar-refractivity contribution in [3.05, 3.63) is 59.0 Å². The summed E-state index contributed by atoms with van der Waals surface area (Å²) < 4.78 is 32.8. The molecule has 0 radical (unpaired) electrons. The average molecular weight is 473 g/mol. The van der Waals surface area contributed by atoms with E-state index in [9.17, 15) is 13.2 Å². The number of carbonyl (C=O) groups excluding carboxylic acids is 1. The van der Waals surface area contributed by atoms with E-state index in [1.54, 1.807) is 35.5 Å². The van der Waals surface area contributed by atoms with Crippen LogP contribution in [0, 0.1) is 0 Å². The molecule has 2 heterocycles. The molecule has 0 bridgehead atoms. The number of carbonyl (C=O) groups is 1. The third-order valence-corrected chi connectivity index (χ3v) is 9.28. The number of sulfonamides is 1. The first-order valence-electron chi connectivity index (χ1n) is 10.8. The largest absolute Gasteiger partial charge is 0.497 e. The number of amides is 1. The minimum atomic E-state index is -3.45. The fourth-order valence-electron chi connectivity index (χ4n) is 3.97. The summed E-state index contributed by atoms with van der Waals surface area (Å²) in [6, 6.07) is 15.4. The van der Waals surface area contributed by atoms with Crippen molar-refractivity contribution in [2.45, 2.75) is 36.4 Å². The highest BCUT2D eigenvalue weighted by atomic mass is 32.2. The van der Waals surface area contributed by atoms with E-state index in [-0.39, 0.29) is 12.3 Å². The van der Waals surface area contributed by atoms with Gasteiger partial charge in [0.25, 0.3) is 10.0 Å². The van der Waals surface area contributed by atoms with E-state index in [2.05, 4.69) is 6.07 Å². The highest BCUT2D eigenvalue weighted by Gasteiger charge is 2.27. The van der Waals surface area contributed by atoms with Crippen LogP contribution in [0.4, 0.5) is 0 Å². The zero-order chi connectivity index (χ0) is 22.7. The molecular formula is C24H28N2O4S2. The molecule has 1 saturated heterocycles. The number of benzene rings is 2. The summed E-state index contributed by atoms with van der Waals surface area (Å²) in [5, 5.41) is 2.18. The number of ether oxygens (including phenoxy) is 1. The quantitative estimate of drug-likeness (QED) is 0.515. The standard InChI is InChI=1S/C24H28N2O4S2/c1-25(17-18-6-7-20-15-21(30-2)9-8-19(20)14-18)23(27)16-22-10-11-24(31-22)32(28,29)26-12-4-3-5-13-26/h6-11,14-15H,3-5,12-13,16-17H2,1-2H3. The van der Waals surface area contributed by atoms with Gasteiger partial charge in [-0.05, 0) is 59.5 Å². The van der Waals surface area contributed by atoms with Crippen molar-refractivity contribution < 1.29 is 17.9 Å². The summed E-state index contributed by atoms with van der Waals surface area (Å²) in [6.07, 6.45) is 3.08. The van der Waals surface area contributed by atoms with Crippen LogP contribution >= 0.6 is 11.3 Å². The molecule has 0 aliphatic carbocycles. The van der Waals surface area contributed by atoms with Crippen LogP contribution in [0.5, 0.6) is 5.75 Å². The highest BCUT2D eigenvalue weighted by molar-refractivity contribution is 7.91. The lowest BCUT2D eigenvalue weighted by Crippen LogP contribution is -2.35. The Balaban J connectivity index is 1.40. The van der Waals surface area contributed by atoms with E-state index in [0.717, 1.165) is 46.2 Å². The second kappa shape index (κ2) is 9.60. The molecule has 1 amide bonds. The van der Waals surface area contributed by atoms with E-state index < -0.39 is 10.0 Å². The molecule has 0 unspecified atom stereocenters. The monoisotopic (exact) mass is 472 g/mol. The Morgan fingerprint density at radius 3 is 2.50 bits per heavy atom. The van der Waals surface area contributed by atoms with Crippen LogP contribution in [0.2, 0.25) is 0 Å². The number of piperidine rings is 1. The van der Waals surface area contributed by atoms with Gasteiger partial charge >= 0.3 is 0 Å². The molecule has 1 aliphatic heterocycles. The molecular weight excluding hydrogens is 444 g/mol. The molecule has 2 aromatic carbocycles. The van der Waals surface area contributed by atoms with Crippen molar-refractivity contribution in [1.82, 2.24) is 9.21 Å². The molecule has 4 rings (SSSR count). The molecule has 0 N–H and O–H groups in total. The number of nitrogens with zero attached hydrogens (tertiary/aromatic N) is 2. The van der Waals surface area contributed by atoms with Gasteiger partial charge in [0, 0.05) is 31.6 Å². The summed E-state index contributed by atoms with van der Waals surface area (Å²) in [5.41, 5.74) is 1.04. The smallest absolute Gasteiger partial charge is 0.252 e. The van der Waals surface area contributed by atoms with Crippen molar-refractivity contribution in [3.63, 3.8) is 0 Å². The molecule has 0 spiro atoms. The number of thiophene rings is 1. The predicted molar refractivity (Wildman–Crippen MR) is 128 cm³/mol. The van der Waals surface area contributed by atoms with Crippen molar-refractivity contribution in [3.8, 4) is 5.75 Å². The Hall–Kier alpha value is -2.42. The Morgan fingerprint density at radius 1 is 1.03 bits per heavy atom. The van der Waals surface area contributed by atoms with E-state index >= 15 is 0 Å². The fraction of sp³-hybridized carbons (Fsp3) is 0.375. The van der Waals surface area contributed by atoms with Crippen molar-refractivity contribution in [2.75, 3.05) is 27.2 Å². The Labute approximate surface area is 193 Å². The van der Waals surface area contributed by atoms with E-state index in [4.69, 9.17) is 4.74 Å². The number of methoxy groups -OCH3 is 1. The maximum absolute atomic E-state index is 12.8. The van der Waals surface area contributed by atoms with Crippen LogP contribution < -0.4 is 4.74 Å². The van der Waals surface area contributed by atoms with E-state index in [0.29, 0.717) is 23.8 Å². The van der Waals surface area contributed by atoms with Crippen molar-refractivity contribution in [1.29, 1.82) is 0 Å². The van der Waals surface area contributed by atoms with Gasteiger partial charge in [-0.2, -0.15) is 4.31 Å². The number of hydrogen-bond donors (Lipinski definition) is 0. The summed E-state index contributed by atoms with van der Waals surface area (Å²) >= 11 is 1.20. The van der Waals surface area contributed by atoms with Crippen LogP contribution in [-0.4, -0.2) is 50.8 Å². The minimum absolute atomic E-state index is 0.0383. The third kappa shape index (κ3) is 4.98. The lowest BCUT2D eigenvalue weighted by molar-refractivity contribution is -0.129. The summed E-state index contributed by atoms with van der Waals surface area (Å²) in [4.78, 5) is 15.2. The lowest BCUT2D eigenvalue weighted by atomic mass is 10.1. The van der Waals surface area contributed by atoms with E-state index in [1.807, 2.05) is 30.3 Å². The second-order valence-corrected chi connectivity index (χ2v) is 11.5. The van der Waals surface area contributed by atoms with Crippen LogP contribution in [0.15, 0.2) is 52.7 Å². The fourth-order valence-corrected chi connectivity index (χ4v) is 6.99. The molecule has 1 aromatic heterocycles. The SMILES string of the molecule is COc1ccc2cc(CN(C)C(=O)Cc3ccc(S(=O)(=O)N4CCCCC4)s3)ccc2c1. The third-order valence-electron chi connectivity index (χ3n) is 5.83. The molecule has 0 saturated carbocycles. The van der Waals surface area contributed by atoms with Crippen molar-refractivity contribution >= 4 is 38.0 Å². The number of hydrogen-bond acceptors (Lipinski definition) is 5. The Morgan fingerprint density at radius 2 is 1.75 bits per heavy atom. The molecule has 3 aromatic rings. The molecule has 1 aliphatic rings. The molecule has 0 atom stereocenters. The van der Waals surface area contributed by atoms with Gasteiger partial charge in [-0.3, -0.25) is 4.79 Å². The first-order chi connectivity index (χ1) is 15.4. The van der Waals surface area contributed by atoms with Gasteiger partial charge < -0.3 is 9.64 Å². The van der Waals surface area contributed by atoms with Gasteiger partial charge in [-0.15, -0.1) is 11.3 Å². The van der Waals surface area contributed by atoms with Crippen LogP contribution in [-0.2, 0) is 27.8 Å². The average Bonchev–Trinajstić information content (AvgIpc) is 3.28. The maximum Gasteiger partial charge on any atom is 0.252 e. The lowest BCUT2D eigenvalue weighted by Gasteiger charge is -2.25. The maximum atomic E-state index is 12.8. The molecule has 1 fully saturated rings. The van der Waals surface area contributed by atoms with Gasteiger partial charge in [0.05, 0.1) is 13.5 Å². The number of likely N-dealkylation sites (N-methyl/N-ethyl adjacent to an activating group) is 1. The summed E-state index contributed by atoms with van der Waals surface area (Å²) in [6.45, 7) is 1.65. The van der Waals surface area contributed by atoms with Gasteiger partial charge in [0.15, 0.2) is 0 Å². The normalized spacial score (nSPS) is 15.1. The Kier molecular flexibility index (Phi) is 6.83. The van der Waals surface area contributed by atoms with Crippen LogP contribution in [0.3, 0.4) is 0 Å². The van der Waals surface area contributed by atoms with Crippen LogP contribution in [0.1, 0.15) is 29.7 Å². The summed E-state index contributed by atoms with van der Waals surface area (Å²) in [5.74, 6) is 0.777. The first kappa shape index (κ1) is 22.8. The molecule has 32 heavy (non-hydrogen) atoms. The molecule has 8 heteroatoms. The molecule has 170 valence electrons. The zero-order valence-corrected chi connectivity index (χ0v) is 20.0. The predicted octanol–water partition coefficient (Wildman–Crippen LogP) is 4.29. The zero-order valence-electron chi connectivity index (χ0n) is 18.4. The first-order valence-corrected chi connectivity index (χ1v) is 13.0. The van der Waals surface area contributed by atoms with Gasteiger partial charge in [-0.25, -0.2) is 8.42 Å².